The highest BCUT2D eigenvalue weighted by Gasteiger charge is 2.20. The maximum atomic E-state index is 11.9. The highest BCUT2D eigenvalue weighted by atomic mass is 35.5. The Bertz CT molecular complexity index is 444. The van der Waals surface area contributed by atoms with Crippen LogP contribution in [0.15, 0.2) is 24.3 Å². The van der Waals surface area contributed by atoms with Gasteiger partial charge in [0.1, 0.15) is 5.60 Å². The average Bonchev–Trinajstić information content (AvgIpc) is 2.32. The van der Waals surface area contributed by atoms with Crippen molar-refractivity contribution in [1.29, 1.82) is 0 Å². The SMILES string of the molecule is Cc1cccc(C(CCCN)NC(=O)OC(C)(C)C)c1.Cl. The molecule has 1 atom stereocenters. The van der Waals surface area contributed by atoms with Crippen LogP contribution in [0, 0.1) is 6.92 Å². The first kappa shape index (κ1) is 19.7. The van der Waals surface area contributed by atoms with Crippen molar-refractivity contribution in [3.8, 4) is 0 Å². The highest BCUT2D eigenvalue weighted by Crippen LogP contribution is 2.20. The second kappa shape index (κ2) is 8.90. The number of rotatable bonds is 5. The van der Waals surface area contributed by atoms with Gasteiger partial charge in [0.2, 0.25) is 0 Å². The van der Waals surface area contributed by atoms with Crippen molar-refractivity contribution >= 4 is 18.5 Å². The topological polar surface area (TPSA) is 64.3 Å². The molecule has 1 rings (SSSR count). The minimum atomic E-state index is -0.491. The van der Waals surface area contributed by atoms with Gasteiger partial charge in [0.05, 0.1) is 6.04 Å². The Labute approximate surface area is 133 Å². The molecule has 120 valence electrons. The third-order valence-corrected chi connectivity index (χ3v) is 2.83. The fraction of sp³-hybridized carbons (Fsp3) is 0.562. The number of nitrogens with two attached hydrogens (primary N) is 1. The smallest absolute Gasteiger partial charge is 0.408 e. The number of nitrogens with one attached hydrogen (secondary N) is 1. The van der Waals surface area contributed by atoms with E-state index in [9.17, 15) is 4.79 Å². The van der Waals surface area contributed by atoms with Crippen LogP contribution in [0.4, 0.5) is 4.79 Å². The molecule has 0 aliphatic carbocycles. The zero-order valence-corrected chi connectivity index (χ0v) is 14.1. The van der Waals surface area contributed by atoms with E-state index in [2.05, 4.69) is 11.4 Å². The van der Waals surface area contributed by atoms with E-state index in [1.165, 1.54) is 5.56 Å². The van der Waals surface area contributed by atoms with Crippen LogP contribution >= 0.6 is 12.4 Å². The summed E-state index contributed by atoms with van der Waals surface area (Å²) >= 11 is 0. The number of hydrogen-bond donors (Lipinski definition) is 2. The van der Waals surface area contributed by atoms with Crippen LogP contribution in [-0.4, -0.2) is 18.2 Å². The number of ether oxygens (including phenoxy) is 1. The van der Waals surface area contributed by atoms with Gasteiger partial charge in [-0.15, -0.1) is 12.4 Å². The average molecular weight is 315 g/mol. The van der Waals surface area contributed by atoms with E-state index in [1.807, 2.05) is 45.9 Å². The van der Waals surface area contributed by atoms with Gasteiger partial charge < -0.3 is 15.8 Å². The molecule has 4 nitrogen and oxygen atoms in total. The number of amides is 1. The minimum absolute atomic E-state index is 0. The lowest BCUT2D eigenvalue weighted by Gasteiger charge is -2.24. The first-order valence-electron chi connectivity index (χ1n) is 7.08. The van der Waals surface area contributed by atoms with Gasteiger partial charge in [-0.25, -0.2) is 4.79 Å². The van der Waals surface area contributed by atoms with Crippen molar-refractivity contribution in [2.45, 2.75) is 52.2 Å². The van der Waals surface area contributed by atoms with Crippen molar-refractivity contribution in [3.05, 3.63) is 35.4 Å². The largest absolute Gasteiger partial charge is 0.444 e. The van der Waals surface area contributed by atoms with Crippen molar-refractivity contribution in [2.24, 2.45) is 5.73 Å². The van der Waals surface area contributed by atoms with Gasteiger partial charge in [0, 0.05) is 0 Å². The molecule has 1 unspecified atom stereocenters. The van der Waals surface area contributed by atoms with E-state index in [1.54, 1.807) is 0 Å². The molecule has 0 spiro atoms. The number of carbonyl (C=O) groups is 1. The second-order valence-electron chi connectivity index (χ2n) is 6.04. The number of benzene rings is 1. The van der Waals surface area contributed by atoms with Gasteiger partial charge in [-0.1, -0.05) is 29.8 Å². The summed E-state index contributed by atoms with van der Waals surface area (Å²) in [5, 5.41) is 2.94. The Kier molecular flexibility index (Phi) is 8.37. The summed E-state index contributed by atoms with van der Waals surface area (Å²) in [6, 6.07) is 8.08. The van der Waals surface area contributed by atoms with Crippen LogP contribution in [0.2, 0.25) is 0 Å². The molecule has 0 aliphatic rings. The van der Waals surface area contributed by atoms with Gasteiger partial charge in [0.25, 0.3) is 0 Å². The molecule has 0 saturated heterocycles. The van der Waals surface area contributed by atoms with Crippen molar-refractivity contribution in [1.82, 2.24) is 5.32 Å². The van der Waals surface area contributed by atoms with Gasteiger partial charge >= 0.3 is 6.09 Å². The maximum absolute atomic E-state index is 11.9. The Hall–Kier alpha value is -1.26. The molecule has 21 heavy (non-hydrogen) atoms. The van der Waals surface area contributed by atoms with E-state index < -0.39 is 5.60 Å². The molecular formula is C16H27ClN2O2. The number of carbonyl (C=O) groups excluding carboxylic acids is 1. The zero-order chi connectivity index (χ0) is 15.2. The summed E-state index contributed by atoms with van der Waals surface area (Å²) in [4.78, 5) is 11.9. The van der Waals surface area contributed by atoms with Crippen molar-refractivity contribution < 1.29 is 9.53 Å². The predicted molar refractivity (Wildman–Crippen MR) is 88.8 cm³/mol. The van der Waals surface area contributed by atoms with E-state index in [0.717, 1.165) is 18.4 Å². The molecule has 0 heterocycles. The fourth-order valence-electron chi connectivity index (χ4n) is 1.98. The Morgan fingerprint density at radius 2 is 2.05 bits per heavy atom. The molecule has 5 heteroatoms. The quantitative estimate of drug-likeness (QED) is 0.870. The Morgan fingerprint density at radius 1 is 1.38 bits per heavy atom. The number of aryl methyl sites for hydroxylation is 1. The van der Waals surface area contributed by atoms with Gasteiger partial charge in [-0.2, -0.15) is 0 Å². The number of halogens is 1. The maximum Gasteiger partial charge on any atom is 0.408 e. The lowest BCUT2D eigenvalue weighted by Crippen LogP contribution is -2.35. The predicted octanol–water partition coefficient (Wildman–Crippen LogP) is 3.72. The van der Waals surface area contributed by atoms with E-state index in [-0.39, 0.29) is 24.5 Å². The summed E-state index contributed by atoms with van der Waals surface area (Å²) in [6.07, 6.45) is 1.27. The molecule has 0 radical (unpaired) electrons. The molecule has 0 aromatic heterocycles. The summed E-state index contributed by atoms with van der Waals surface area (Å²) in [5.41, 5.74) is 7.34. The van der Waals surface area contributed by atoms with Crippen LogP contribution in [0.1, 0.15) is 50.8 Å². The third-order valence-electron chi connectivity index (χ3n) is 2.83. The Balaban J connectivity index is 0.00000400. The van der Waals surface area contributed by atoms with Crippen LogP contribution in [0.25, 0.3) is 0 Å². The molecule has 0 saturated carbocycles. The summed E-state index contributed by atoms with van der Waals surface area (Å²) < 4.78 is 5.32. The van der Waals surface area contributed by atoms with E-state index in [4.69, 9.17) is 10.5 Å². The molecule has 0 fully saturated rings. The second-order valence-corrected chi connectivity index (χ2v) is 6.04. The van der Waals surface area contributed by atoms with Gasteiger partial charge in [0.15, 0.2) is 0 Å². The monoisotopic (exact) mass is 314 g/mol. The van der Waals surface area contributed by atoms with Crippen LogP contribution in [0.3, 0.4) is 0 Å². The highest BCUT2D eigenvalue weighted by molar-refractivity contribution is 5.85. The van der Waals surface area contributed by atoms with Crippen LogP contribution < -0.4 is 11.1 Å². The van der Waals surface area contributed by atoms with Gasteiger partial charge in [-0.05, 0) is 52.6 Å². The molecule has 0 aliphatic heterocycles. The minimum Gasteiger partial charge on any atom is -0.444 e. The van der Waals surface area contributed by atoms with Gasteiger partial charge in [-0.3, -0.25) is 0 Å². The fourth-order valence-corrected chi connectivity index (χ4v) is 1.98. The van der Waals surface area contributed by atoms with E-state index in [0.29, 0.717) is 6.54 Å². The van der Waals surface area contributed by atoms with Crippen molar-refractivity contribution in [3.63, 3.8) is 0 Å². The standard InChI is InChI=1S/C16H26N2O2.ClH/c1-12-7-5-8-13(11-12)14(9-6-10-17)18-15(19)20-16(2,3)4;/h5,7-8,11,14H,6,9-10,17H2,1-4H3,(H,18,19);1H. The Morgan fingerprint density at radius 3 is 2.57 bits per heavy atom. The molecule has 0 bridgehead atoms. The lowest BCUT2D eigenvalue weighted by atomic mass is 10.0. The molecule has 1 amide bonds. The summed E-state index contributed by atoms with van der Waals surface area (Å²) in [5.74, 6) is 0. The molecular weight excluding hydrogens is 288 g/mol. The lowest BCUT2D eigenvalue weighted by molar-refractivity contribution is 0.0500. The number of alkyl carbamates (subject to hydrolysis) is 1. The van der Waals surface area contributed by atoms with Crippen LogP contribution in [-0.2, 0) is 4.74 Å². The first-order valence-corrected chi connectivity index (χ1v) is 7.08. The molecule has 1 aromatic rings. The third kappa shape index (κ3) is 7.93. The van der Waals surface area contributed by atoms with E-state index >= 15 is 0 Å². The summed E-state index contributed by atoms with van der Waals surface area (Å²) in [6.45, 7) is 8.21. The first-order chi connectivity index (χ1) is 9.31. The molecule has 1 aromatic carbocycles. The van der Waals surface area contributed by atoms with Crippen LogP contribution in [0.5, 0.6) is 0 Å². The zero-order valence-electron chi connectivity index (χ0n) is 13.3. The van der Waals surface area contributed by atoms with Crippen molar-refractivity contribution in [2.75, 3.05) is 6.54 Å². The number of hydrogen-bond acceptors (Lipinski definition) is 3. The normalized spacial score (nSPS) is 12.2. The summed E-state index contributed by atoms with van der Waals surface area (Å²) in [7, 11) is 0. The molecule has 3 N–H and O–H groups in total.